The molecule has 0 unspecified atom stereocenters. The van der Waals surface area contributed by atoms with E-state index in [1.165, 1.54) is 12.1 Å². The molecule has 0 amide bonds. The number of aromatic nitrogens is 5. The fourth-order valence-corrected chi connectivity index (χ4v) is 8.54. The number of alkyl halides is 3. The van der Waals surface area contributed by atoms with Crippen molar-refractivity contribution in [3.63, 3.8) is 0 Å². The normalized spacial score (nSPS) is 11.9. The van der Waals surface area contributed by atoms with Crippen molar-refractivity contribution in [1.29, 1.82) is 0 Å². The topological polar surface area (TPSA) is 48.5 Å². The summed E-state index contributed by atoms with van der Waals surface area (Å²) < 4.78 is 47.7. The number of nitrogens with zero attached hydrogens (tertiary/aromatic N) is 5. The molecule has 3 aromatic heterocycles. The molecular formula is C52H32F3N5. The summed E-state index contributed by atoms with van der Waals surface area (Å²) >= 11 is 0. The minimum Gasteiger partial charge on any atom is -0.309 e. The van der Waals surface area contributed by atoms with E-state index in [-0.39, 0.29) is 0 Å². The Morgan fingerprint density at radius 1 is 0.367 bits per heavy atom. The quantitative estimate of drug-likeness (QED) is 0.169. The maximum absolute atomic E-state index is 14.4. The summed E-state index contributed by atoms with van der Waals surface area (Å²) in [5, 5.41) is 4.30. The number of fused-ring (bicyclic) bond motifs is 7. The Hall–Kier alpha value is -7.84. The molecule has 0 aliphatic heterocycles. The van der Waals surface area contributed by atoms with Crippen LogP contribution in [0.4, 0.5) is 13.2 Å². The summed E-state index contributed by atoms with van der Waals surface area (Å²) in [6.45, 7) is 0. The molecule has 0 fully saturated rings. The molecule has 0 bridgehead atoms. The van der Waals surface area contributed by atoms with Crippen LogP contribution in [0.25, 0.3) is 100 Å². The zero-order chi connectivity index (χ0) is 40.4. The number of hydrogen-bond donors (Lipinski definition) is 0. The molecule has 8 heteroatoms. The third-order valence-electron chi connectivity index (χ3n) is 11.2. The van der Waals surface area contributed by atoms with Crippen molar-refractivity contribution >= 4 is 43.6 Å². The van der Waals surface area contributed by atoms with E-state index in [1.807, 2.05) is 109 Å². The maximum atomic E-state index is 14.4. The van der Waals surface area contributed by atoms with Gasteiger partial charge in [0, 0.05) is 49.5 Å². The Balaban J connectivity index is 1.20. The standard InChI is InChI=1S/C52H32F3N5/c53-52(54,55)37-20-14-19-35(31-37)41-32-36(51-57-49(33-15-4-1-5-16-33)56-50(58-51)34-17-6-2-7-18-34)27-28-44(41)60-43-26-13-11-24-40(43)48-46(60)30-29-45-47(48)39-23-10-12-25-42(39)59(45)38-21-8-3-9-22-38/h1-32H. The molecular weight excluding hydrogens is 752 g/mol. The molecule has 11 rings (SSSR count). The van der Waals surface area contributed by atoms with Gasteiger partial charge in [0.2, 0.25) is 0 Å². The molecule has 11 aromatic rings. The molecule has 0 N–H and O–H groups in total. The molecule has 0 saturated heterocycles. The lowest BCUT2D eigenvalue weighted by Crippen LogP contribution is -2.05. The first kappa shape index (κ1) is 35.3. The zero-order valence-corrected chi connectivity index (χ0v) is 31.8. The van der Waals surface area contributed by atoms with E-state index in [9.17, 15) is 13.2 Å². The first-order valence-electron chi connectivity index (χ1n) is 19.6. The molecule has 0 spiro atoms. The summed E-state index contributed by atoms with van der Waals surface area (Å²) in [5.41, 5.74) is 8.32. The van der Waals surface area contributed by atoms with Crippen molar-refractivity contribution < 1.29 is 13.2 Å². The van der Waals surface area contributed by atoms with E-state index in [2.05, 4.69) is 69.8 Å². The second-order valence-corrected chi connectivity index (χ2v) is 14.7. The second kappa shape index (κ2) is 13.9. The fourth-order valence-electron chi connectivity index (χ4n) is 8.54. The molecule has 0 saturated carbocycles. The predicted molar refractivity (Wildman–Crippen MR) is 235 cm³/mol. The first-order chi connectivity index (χ1) is 29.4. The number of rotatable bonds is 6. The summed E-state index contributed by atoms with van der Waals surface area (Å²) in [4.78, 5) is 14.8. The van der Waals surface area contributed by atoms with Gasteiger partial charge >= 0.3 is 6.18 Å². The Morgan fingerprint density at radius 2 is 0.850 bits per heavy atom. The van der Waals surface area contributed by atoms with Gasteiger partial charge in [0.15, 0.2) is 17.5 Å². The van der Waals surface area contributed by atoms with Crippen LogP contribution in [0.5, 0.6) is 0 Å². The molecule has 0 atom stereocenters. The van der Waals surface area contributed by atoms with Crippen LogP contribution in [0.1, 0.15) is 5.56 Å². The van der Waals surface area contributed by atoms with Gasteiger partial charge in [0.25, 0.3) is 0 Å². The van der Waals surface area contributed by atoms with Crippen LogP contribution in [0.15, 0.2) is 194 Å². The lowest BCUT2D eigenvalue weighted by atomic mass is 9.98. The largest absolute Gasteiger partial charge is 0.416 e. The lowest BCUT2D eigenvalue weighted by molar-refractivity contribution is -0.137. The van der Waals surface area contributed by atoms with Crippen LogP contribution < -0.4 is 0 Å². The van der Waals surface area contributed by atoms with Crippen molar-refractivity contribution in [1.82, 2.24) is 24.1 Å². The Kier molecular flexibility index (Phi) is 8.20. The van der Waals surface area contributed by atoms with Gasteiger partial charge in [0.05, 0.1) is 33.3 Å². The Labute approximate surface area is 342 Å². The third-order valence-corrected chi connectivity index (χ3v) is 11.2. The molecule has 60 heavy (non-hydrogen) atoms. The second-order valence-electron chi connectivity index (χ2n) is 14.7. The highest BCUT2D eigenvalue weighted by molar-refractivity contribution is 6.29. The average Bonchev–Trinajstić information content (AvgIpc) is 3.82. The predicted octanol–water partition coefficient (Wildman–Crippen LogP) is 13.8. The van der Waals surface area contributed by atoms with Crippen molar-refractivity contribution in [2.45, 2.75) is 6.18 Å². The fraction of sp³-hybridized carbons (Fsp3) is 0.0192. The SMILES string of the molecule is FC(F)(F)c1cccc(-c2cc(-c3nc(-c4ccccc4)nc(-c4ccccc4)n3)ccc2-n2c3ccccc3c3c4c5ccccc5n(-c5ccccc5)c4ccc32)c1. The number of para-hydroxylation sites is 3. The molecule has 5 nitrogen and oxygen atoms in total. The van der Waals surface area contributed by atoms with Crippen molar-refractivity contribution in [2.75, 3.05) is 0 Å². The molecule has 3 heterocycles. The van der Waals surface area contributed by atoms with E-state index in [1.54, 1.807) is 6.07 Å². The maximum Gasteiger partial charge on any atom is 0.416 e. The van der Waals surface area contributed by atoms with Crippen LogP contribution in [-0.2, 0) is 6.18 Å². The zero-order valence-electron chi connectivity index (χ0n) is 31.8. The Bertz CT molecular complexity index is 3350. The van der Waals surface area contributed by atoms with Crippen molar-refractivity contribution in [3.8, 4) is 56.7 Å². The van der Waals surface area contributed by atoms with Gasteiger partial charge in [0.1, 0.15) is 0 Å². The monoisotopic (exact) mass is 783 g/mol. The number of halogens is 3. The molecule has 286 valence electrons. The number of hydrogen-bond acceptors (Lipinski definition) is 3. The van der Waals surface area contributed by atoms with Crippen LogP contribution in [-0.4, -0.2) is 24.1 Å². The smallest absolute Gasteiger partial charge is 0.309 e. The van der Waals surface area contributed by atoms with Crippen LogP contribution in [0, 0.1) is 0 Å². The summed E-state index contributed by atoms with van der Waals surface area (Å²) in [6.07, 6.45) is -4.54. The summed E-state index contributed by atoms with van der Waals surface area (Å²) in [7, 11) is 0. The van der Waals surface area contributed by atoms with Gasteiger partial charge in [-0.05, 0) is 72.3 Å². The number of benzene rings is 8. The van der Waals surface area contributed by atoms with Gasteiger partial charge in [-0.1, -0.05) is 127 Å². The van der Waals surface area contributed by atoms with Gasteiger partial charge in [-0.3, -0.25) is 0 Å². The average molecular weight is 784 g/mol. The van der Waals surface area contributed by atoms with Gasteiger partial charge < -0.3 is 9.13 Å². The summed E-state index contributed by atoms with van der Waals surface area (Å²) in [5.74, 6) is 1.38. The molecule has 0 radical (unpaired) electrons. The Morgan fingerprint density at radius 3 is 1.43 bits per heavy atom. The highest BCUT2D eigenvalue weighted by Gasteiger charge is 2.31. The van der Waals surface area contributed by atoms with Crippen LogP contribution in [0.2, 0.25) is 0 Å². The highest BCUT2D eigenvalue weighted by Crippen LogP contribution is 2.44. The van der Waals surface area contributed by atoms with E-state index in [0.717, 1.165) is 72.2 Å². The van der Waals surface area contributed by atoms with Gasteiger partial charge in [-0.15, -0.1) is 0 Å². The minimum atomic E-state index is -4.54. The van der Waals surface area contributed by atoms with Crippen molar-refractivity contribution in [3.05, 3.63) is 200 Å². The highest BCUT2D eigenvalue weighted by atomic mass is 19.4. The van der Waals surface area contributed by atoms with Crippen LogP contribution >= 0.6 is 0 Å². The van der Waals surface area contributed by atoms with Crippen LogP contribution in [0.3, 0.4) is 0 Å². The third kappa shape index (κ3) is 5.83. The van der Waals surface area contributed by atoms with E-state index < -0.39 is 11.7 Å². The van der Waals surface area contributed by atoms with E-state index >= 15 is 0 Å². The molecule has 0 aliphatic carbocycles. The first-order valence-corrected chi connectivity index (χ1v) is 19.6. The van der Waals surface area contributed by atoms with Gasteiger partial charge in [-0.25, -0.2) is 15.0 Å². The minimum absolute atomic E-state index is 0.403. The van der Waals surface area contributed by atoms with E-state index in [0.29, 0.717) is 34.2 Å². The summed E-state index contributed by atoms with van der Waals surface area (Å²) in [6, 6.07) is 62.0. The van der Waals surface area contributed by atoms with Gasteiger partial charge in [-0.2, -0.15) is 13.2 Å². The van der Waals surface area contributed by atoms with E-state index in [4.69, 9.17) is 15.0 Å². The lowest BCUT2D eigenvalue weighted by Gasteiger charge is -2.17. The van der Waals surface area contributed by atoms with Crippen molar-refractivity contribution in [2.24, 2.45) is 0 Å². The molecule has 0 aliphatic rings. The molecule has 8 aromatic carbocycles.